The van der Waals surface area contributed by atoms with Crippen LogP contribution in [-0.2, 0) is 0 Å². The van der Waals surface area contributed by atoms with Crippen molar-refractivity contribution in [1.82, 2.24) is 10.2 Å². The minimum absolute atomic E-state index is 0.484. The van der Waals surface area contributed by atoms with Gasteiger partial charge in [-0.05, 0) is 62.3 Å². The molecule has 2 unspecified atom stereocenters. The Kier molecular flexibility index (Phi) is 3.92. The zero-order valence-corrected chi connectivity index (χ0v) is 13.1. The van der Waals surface area contributed by atoms with Crippen LogP contribution in [0.25, 0.3) is 0 Å². The Balaban J connectivity index is 1.53. The van der Waals surface area contributed by atoms with Crippen LogP contribution in [-0.4, -0.2) is 36.6 Å². The number of piperidine rings is 1. The highest BCUT2D eigenvalue weighted by Gasteiger charge is 2.37. The van der Waals surface area contributed by atoms with E-state index in [-0.39, 0.29) is 0 Å². The number of nitrogens with one attached hydrogen (secondary N) is 1. The molecule has 2 aliphatic carbocycles. The molecule has 0 aromatic rings. The Morgan fingerprint density at radius 2 is 1.74 bits per heavy atom. The summed E-state index contributed by atoms with van der Waals surface area (Å²) >= 11 is 0. The Hall–Kier alpha value is -0.0800. The van der Waals surface area contributed by atoms with Gasteiger partial charge < -0.3 is 5.32 Å². The molecule has 110 valence electrons. The molecule has 1 aliphatic heterocycles. The van der Waals surface area contributed by atoms with Crippen LogP contribution in [0.3, 0.4) is 0 Å². The Morgan fingerprint density at radius 3 is 2.32 bits per heavy atom. The van der Waals surface area contributed by atoms with Gasteiger partial charge in [0.15, 0.2) is 0 Å². The van der Waals surface area contributed by atoms with Crippen molar-refractivity contribution in [1.29, 1.82) is 0 Å². The molecule has 0 radical (unpaired) electrons. The van der Waals surface area contributed by atoms with E-state index in [0.717, 1.165) is 23.9 Å². The fourth-order valence-corrected chi connectivity index (χ4v) is 3.80. The molecule has 3 aliphatic rings. The molecule has 3 rings (SSSR count). The van der Waals surface area contributed by atoms with Gasteiger partial charge in [0.2, 0.25) is 0 Å². The summed E-state index contributed by atoms with van der Waals surface area (Å²) in [6.45, 7) is 11.2. The van der Waals surface area contributed by atoms with Gasteiger partial charge in [-0.3, -0.25) is 4.90 Å². The SMILES string of the molecule is CC(C)(C)CC1CC(NCC2CC2)CN(C2CC2)C1. The Morgan fingerprint density at radius 1 is 1.00 bits per heavy atom. The van der Waals surface area contributed by atoms with Crippen LogP contribution in [0.4, 0.5) is 0 Å². The summed E-state index contributed by atoms with van der Waals surface area (Å²) in [6, 6.07) is 1.70. The summed E-state index contributed by atoms with van der Waals surface area (Å²) in [5.74, 6) is 1.92. The number of hydrogen-bond donors (Lipinski definition) is 1. The first-order chi connectivity index (χ1) is 8.99. The van der Waals surface area contributed by atoms with E-state index >= 15 is 0 Å². The molecule has 1 N–H and O–H groups in total. The van der Waals surface area contributed by atoms with Crippen LogP contribution >= 0.6 is 0 Å². The third-order valence-corrected chi connectivity index (χ3v) is 4.92. The maximum absolute atomic E-state index is 3.87. The molecular weight excluding hydrogens is 232 g/mol. The van der Waals surface area contributed by atoms with Crippen LogP contribution < -0.4 is 5.32 Å². The average Bonchev–Trinajstić information content (AvgIpc) is 3.15. The Labute approximate surface area is 119 Å². The van der Waals surface area contributed by atoms with E-state index in [1.807, 2.05) is 0 Å². The van der Waals surface area contributed by atoms with E-state index in [1.54, 1.807) is 0 Å². The van der Waals surface area contributed by atoms with Crippen molar-refractivity contribution in [2.24, 2.45) is 17.3 Å². The molecule has 0 aromatic carbocycles. The van der Waals surface area contributed by atoms with Gasteiger partial charge in [0.25, 0.3) is 0 Å². The minimum atomic E-state index is 0.484. The fourth-order valence-electron chi connectivity index (χ4n) is 3.80. The molecular formula is C17H32N2. The number of hydrogen-bond acceptors (Lipinski definition) is 2. The van der Waals surface area contributed by atoms with Gasteiger partial charge >= 0.3 is 0 Å². The second kappa shape index (κ2) is 5.37. The lowest BCUT2D eigenvalue weighted by atomic mass is 9.80. The third kappa shape index (κ3) is 4.46. The van der Waals surface area contributed by atoms with Crippen molar-refractivity contribution in [3.8, 4) is 0 Å². The highest BCUT2D eigenvalue weighted by molar-refractivity contribution is 4.93. The average molecular weight is 264 g/mol. The third-order valence-electron chi connectivity index (χ3n) is 4.92. The van der Waals surface area contributed by atoms with Gasteiger partial charge in [-0.2, -0.15) is 0 Å². The molecule has 19 heavy (non-hydrogen) atoms. The maximum Gasteiger partial charge on any atom is 0.0198 e. The van der Waals surface area contributed by atoms with Crippen molar-refractivity contribution in [3.63, 3.8) is 0 Å². The molecule has 0 spiro atoms. The van der Waals surface area contributed by atoms with Gasteiger partial charge in [-0.1, -0.05) is 20.8 Å². The topological polar surface area (TPSA) is 15.3 Å². The first kappa shape index (κ1) is 13.9. The van der Waals surface area contributed by atoms with Crippen molar-refractivity contribution >= 4 is 0 Å². The van der Waals surface area contributed by atoms with E-state index in [9.17, 15) is 0 Å². The molecule has 3 fully saturated rings. The quantitative estimate of drug-likeness (QED) is 0.820. The molecule has 1 heterocycles. The summed E-state index contributed by atoms with van der Waals surface area (Å²) in [4.78, 5) is 2.80. The zero-order valence-electron chi connectivity index (χ0n) is 13.1. The summed E-state index contributed by atoms with van der Waals surface area (Å²) in [6.07, 6.45) is 8.65. The first-order valence-electron chi connectivity index (χ1n) is 8.47. The van der Waals surface area contributed by atoms with Gasteiger partial charge in [0, 0.05) is 25.2 Å². The van der Waals surface area contributed by atoms with Crippen LogP contribution in [0.2, 0.25) is 0 Å². The summed E-state index contributed by atoms with van der Waals surface area (Å²) in [5, 5.41) is 3.87. The summed E-state index contributed by atoms with van der Waals surface area (Å²) in [7, 11) is 0. The van der Waals surface area contributed by atoms with Crippen molar-refractivity contribution in [2.45, 2.75) is 71.4 Å². The van der Waals surface area contributed by atoms with Gasteiger partial charge in [-0.15, -0.1) is 0 Å². The second-order valence-electron chi connectivity index (χ2n) is 8.60. The van der Waals surface area contributed by atoms with Crippen LogP contribution in [0.15, 0.2) is 0 Å². The largest absolute Gasteiger partial charge is 0.312 e. The lowest BCUT2D eigenvalue weighted by Crippen LogP contribution is -2.50. The summed E-state index contributed by atoms with van der Waals surface area (Å²) < 4.78 is 0. The fraction of sp³-hybridized carbons (Fsp3) is 1.00. The highest BCUT2D eigenvalue weighted by atomic mass is 15.2. The molecule has 2 heteroatoms. The molecule has 0 bridgehead atoms. The van der Waals surface area contributed by atoms with Crippen molar-refractivity contribution < 1.29 is 0 Å². The number of likely N-dealkylation sites (tertiary alicyclic amines) is 1. The number of nitrogens with zero attached hydrogens (tertiary/aromatic N) is 1. The van der Waals surface area contributed by atoms with E-state index in [0.29, 0.717) is 5.41 Å². The molecule has 1 saturated heterocycles. The van der Waals surface area contributed by atoms with E-state index in [1.165, 1.54) is 58.2 Å². The molecule has 2 nitrogen and oxygen atoms in total. The van der Waals surface area contributed by atoms with Crippen LogP contribution in [0, 0.1) is 17.3 Å². The monoisotopic (exact) mass is 264 g/mol. The van der Waals surface area contributed by atoms with Gasteiger partial charge in [0.1, 0.15) is 0 Å². The maximum atomic E-state index is 3.87. The summed E-state index contributed by atoms with van der Waals surface area (Å²) in [5.41, 5.74) is 0.484. The molecule has 0 amide bonds. The van der Waals surface area contributed by atoms with Gasteiger partial charge in [0.05, 0.1) is 0 Å². The first-order valence-corrected chi connectivity index (χ1v) is 8.47. The van der Waals surface area contributed by atoms with Crippen LogP contribution in [0.1, 0.15) is 59.3 Å². The van der Waals surface area contributed by atoms with Crippen molar-refractivity contribution in [3.05, 3.63) is 0 Å². The zero-order chi connectivity index (χ0) is 13.5. The number of rotatable bonds is 5. The smallest absolute Gasteiger partial charge is 0.0198 e. The van der Waals surface area contributed by atoms with E-state index < -0.39 is 0 Å². The normalized spacial score (nSPS) is 33.6. The molecule has 2 saturated carbocycles. The van der Waals surface area contributed by atoms with Crippen molar-refractivity contribution in [2.75, 3.05) is 19.6 Å². The molecule has 2 atom stereocenters. The van der Waals surface area contributed by atoms with Crippen LogP contribution in [0.5, 0.6) is 0 Å². The lowest BCUT2D eigenvalue weighted by Gasteiger charge is -2.40. The standard InChI is InChI=1S/C17H32N2/c1-17(2,3)9-14-8-15(18-10-13-4-5-13)12-19(11-14)16-6-7-16/h13-16,18H,4-12H2,1-3H3. The highest BCUT2D eigenvalue weighted by Crippen LogP contribution is 2.36. The van der Waals surface area contributed by atoms with E-state index in [4.69, 9.17) is 0 Å². The predicted molar refractivity (Wildman–Crippen MR) is 81.3 cm³/mol. The lowest BCUT2D eigenvalue weighted by molar-refractivity contribution is 0.107. The molecule has 0 aromatic heterocycles. The predicted octanol–water partition coefficient (Wildman–Crippen LogP) is 3.28. The minimum Gasteiger partial charge on any atom is -0.312 e. The Bertz CT molecular complexity index is 299. The van der Waals surface area contributed by atoms with E-state index in [2.05, 4.69) is 31.0 Å². The second-order valence-corrected chi connectivity index (χ2v) is 8.60. The van der Waals surface area contributed by atoms with Gasteiger partial charge in [-0.25, -0.2) is 0 Å².